The van der Waals surface area contributed by atoms with Crippen molar-refractivity contribution in [3.63, 3.8) is 0 Å². The standard InChI is InChI=1S/C15H14F3NO2S/c1-11(12-5-3-2-4-6-12)19-22(20,21)14-9-7-13(8-10-14)15(16,17)18/h2-11,19H,1H3. The Morgan fingerprint density at radius 3 is 2.00 bits per heavy atom. The van der Waals surface area contributed by atoms with Crippen LogP contribution in [0.5, 0.6) is 0 Å². The summed E-state index contributed by atoms with van der Waals surface area (Å²) in [5, 5.41) is 0. The minimum atomic E-state index is -4.49. The number of nitrogens with one attached hydrogen (secondary N) is 1. The summed E-state index contributed by atoms with van der Waals surface area (Å²) in [6.07, 6.45) is -4.49. The van der Waals surface area contributed by atoms with Crippen molar-refractivity contribution in [2.24, 2.45) is 0 Å². The average molecular weight is 329 g/mol. The fourth-order valence-corrected chi connectivity index (χ4v) is 3.17. The van der Waals surface area contributed by atoms with Crippen molar-refractivity contribution in [2.75, 3.05) is 0 Å². The molecule has 3 nitrogen and oxygen atoms in total. The smallest absolute Gasteiger partial charge is 0.207 e. The zero-order valence-electron chi connectivity index (χ0n) is 11.6. The molecule has 1 unspecified atom stereocenters. The molecule has 2 rings (SSSR count). The molecular weight excluding hydrogens is 315 g/mol. The molecular formula is C15H14F3NO2S. The maximum atomic E-state index is 12.5. The van der Waals surface area contributed by atoms with Gasteiger partial charge in [-0.1, -0.05) is 30.3 Å². The third-order valence-corrected chi connectivity index (χ3v) is 4.68. The van der Waals surface area contributed by atoms with Crippen molar-refractivity contribution >= 4 is 10.0 Å². The van der Waals surface area contributed by atoms with Crippen LogP contribution in [0.25, 0.3) is 0 Å². The highest BCUT2D eigenvalue weighted by atomic mass is 32.2. The lowest BCUT2D eigenvalue weighted by atomic mass is 10.1. The van der Waals surface area contributed by atoms with Gasteiger partial charge in [0.25, 0.3) is 0 Å². The molecule has 118 valence electrons. The van der Waals surface area contributed by atoms with Gasteiger partial charge in [0, 0.05) is 6.04 Å². The van der Waals surface area contributed by atoms with Crippen LogP contribution in [0.15, 0.2) is 59.5 Å². The van der Waals surface area contributed by atoms with Gasteiger partial charge in [0.1, 0.15) is 0 Å². The van der Waals surface area contributed by atoms with E-state index in [1.165, 1.54) is 0 Å². The third-order valence-electron chi connectivity index (χ3n) is 3.12. The molecule has 0 heterocycles. The molecule has 0 aliphatic rings. The van der Waals surface area contributed by atoms with E-state index in [1.807, 2.05) is 0 Å². The van der Waals surface area contributed by atoms with Crippen LogP contribution in [-0.2, 0) is 16.2 Å². The summed E-state index contributed by atoms with van der Waals surface area (Å²) in [5.74, 6) is 0. The van der Waals surface area contributed by atoms with E-state index in [0.29, 0.717) is 0 Å². The second-order valence-electron chi connectivity index (χ2n) is 4.78. The first-order chi connectivity index (χ1) is 10.2. The Balaban J connectivity index is 2.20. The number of halogens is 3. The minimum absolute atomic E-state index is 0.205. The molecule has 0 saturated heterocycles. The van der Waals surface area contributed by atoms with Gasteiger partial charge in [0.2, 0.25) is 10.0 Å². The summed E-state index contributed by atoms with van der Waals surface area (Å²) in [7, 11) is -3.89. The second kappa shape index (κ2) is 6.10. The van der Waals surface area contributed by atoms with Crippen LogP contribution in [0.4, 0.5) is 13.2 Å². The maximum absolute atomic E-state index is 12.5. The summed E-state index contributed by atoms with van der Waals surface area (Å²) >= 11 is 0. The first-order valence-electron chi connectivity index (χ1n) is 6.45. The molecule has 0 fully saturated rings. The Morgan fingerprint density at radius 2 is 1.50 bits per heavy atom. The molecule has 0 saturated carbocycles. The van der Waals surface area contributed by atoms with Gasteiger partial charge in [-0.3, -0.25) is 0 Å². The lowest BCUT2D eigenvalue weighted by molar-refractivity contribution is -0.137. The molecule has 2 aromatic rings. The quantitative estimate of drug-likeness (QED) is 0.929. The molecule has 0 aromatic heterocycles. The predicted molar refractivity (Wildman–Crippen MR) is 76.6 cm³/mol. The normalized spacial score (nSPS) is 13.8. The van der Waals surface area contributed by atoms with Gasteiger partial charge in [-0.15, -0.1) is 0 Å². The second-order valence-corrected chi connectivity index (χ2v) is 6.49. The monoisotopic (exact) mass is 329 g/mol. The van der Waals surface area contributed by atoms with E-state index >= 15 is 0 Å². The van der Waals surface area contributed by atoms with E-state index in [0.717, 1.165) is 29.8 Å². The van der Waals surface area contributed by atoms with Crippen LogP contribution in [0.3, 0.4) is 0 Å². The SMILES string of the molecule is CC(NS(=O)(=O)c1ccc(C(F)(F)F)cc1)c1ccccc1. The fourth-order valence-electron chi connectivity index (χ4n) is 1.93. The molecule has 0 spiro atoms. The topological polar surface area (TPSA) is 46.2 Å². The molecule has 0 aliphatic heterocycles. The largest absolute Gasteiger partial charge is 0.416 e. The van der Waals surface area contributed by atoms with Crippen molar-refractivity contribution in [3.05, 3.63) is 65.7 Å². The molecule has 7 heteroatoms. The van der Waals surface area contributed by atoms with Gasteiger partial charge in [-0.05, 0) is 36.8 Å². The molecule has 1 N–H and O–H groups in total. The Kier molecular flexibility index (Phi) is 4.58. The minimum Gasteiger partial charge on any atom is -0.207 e. The maximum Gasteiger partial charge on any atom is 0.416 e. The van der Waals surface area contributed by atoms with E-state index in [4.69, 9.17) is 0 Å². The Hall–Kier alpha value is -1.86. The van der Waals surface area contributed by atoms with Crippen LogP contribution in [-0.4, -0.2) is 8.42 Å². The fraction of sp³-hybridized carbons (Fsp3) is 0.200. The number of hydrogen-bond donors (Lipinski definition) is 1. The summed E-state index contributed by atoms with van der Waals surface area (Å²) in [6.45, 7) is 1.66. The molecule has 2 aromatic carbocycles. The molecule has 0 bridgehead atoms. The van der Waals surface area contributed by atoms with Gasteiger partial charge >= 0.3 is 6.18 Å². The van der Waals surface area contributed by atoms with Crippen molar-refractivity contribution in [2.45, 2.75) is 24.0 Å². The highest BCUT2D eigenvalue weighted by Crippen LogP contribution is 2.29. The molecule has 22 heavy (non-hydrogen) atoms. The first kappa shape index (κ1) is 16.5. The van der Waals surface area contributed by atoms with E-state index < -0.39 is 27.8 Å². The lowest BCUT2D eigenvalue weighted by Crippen LogP contribution is -2.26. The Morgan fingerprint density at radius 1 is 0.955 bits per heavy atom. The van der Waals surface area contributed by atoms with Gasteiger partial charge in [0.15, 0.2) is 0 Å². The average Bonchev–Trinajstić information content (AvgIpc) is 2.47. The number of rotatable bonds is 4. The van der Waals surface area contributed by atoms with E-state index in [-0.39, 0.29) is 4.90 Å². The molecule has 0 radical (unpaired) electrons. The zero-order chi connectivity index (χ0) is 16.4. The summed E-state index contributed by atoms with van der Waals surface area (Å²) < 4.78 is 64.3. The van der Waals surface area contributed by atoms with Crippen molar-refractivity contribution in [1.82, 2.24) is 4.72 Å². The Labute approximate surface area is 126 Å². The summed E-state index contributed by atoms with van der Waals surface area (Å²) in [6, 6.07) is 11.8. The van der Waals surface area contributed by atoms with Gasteiger partial charge in [-0.25, -0.2) is 13.1 Å². The van der Waals surface area contributed by atoms with Gasteiger partial charge in [0.05, 0.1) is 10.5 Å². The number of sulfonamides is 1. The van der Waals surface area contributed by atoms with E-state index in [2.05, 4.69) is 4.72 Å². The van der Waals surface area contributed by atoms with Gasteiger partial charge in [-0.2, -0.15) is 13.2 Å². The van der Waals surface area contributed by atoms with E-state index in [9.17, 15) is 21.6 Å². The Bertz CT molecular complexity index is 726. The number of hydrogen-bond acceptors (Lipinski definition) is 2. The molecule has 0 aliphatic carbocycles. The number of alkyl halides is 3. The van der Waals surface area contributed by atoms with Crippen molar-refractivity contribution in [1.29, 1.82) is 0 Å². The third kappa shape index (κ3) is 3.86. The van der Waals surface area contributed by atoms with Crippen LogP contribution < -0.4 is 4.72 Å². The van der Waals surface area contributed by atoms with Crippen LogP contribution in [0, 0.1) is 0 Å². The first-order valence-corrected chi connectivity index (χ1v) is 7.93. The summed E-state index contributed by atoms with van der Waals surface area (Å²) in [4.78, 5) is -0.205. The van der Waals surface area contributed by atoms with Crippen molar-refractivity contribution < 1.29 is 21.6 Å². The van der Waals surface area contributed by atoms with E-state index in [1.54, 1.807) is 37.3 Å². The zero-order valence-corrected chi connectivity index (χ0v) is 12.4. The summed E-state index contributed by atoms with van der Waals surface area (Å²) in [5.41, 5.74) is -0.124. The highest BCUT2D eigenvalue weighted by molar-refractivity contribution is 7.89. The van der Waals surface area contributed by atoms with Gasteiger partial charge < -0.3 is 0 Å². The highest BCUT2D eigenvalue weighted by Gasteiger charge is 2.30. The van der Waals surface area contributed by atoms with Crippen LogP contribution >= 0.6 is 0 Å². The van der Waals surface area contributed by atoms with Crippen molar-refractivity contribution in [3.8, 4) is 0 Å². The molecule has 0 amide bonds. The molecule has 1 atom stereocenters. The number of benzene rings is 2. The lowest BCUT2D eigenvalue weighted by Gasteiger charge is -2.15. The van der Waals surface area contributed by atoms with Crippen LogP contribution in [0.1, 0.15) is 24.1 Å². The van der Waals surface area contributed by atoms with Crippen LogP contribution in [0.2, 0.25) is 0 Å². The predicted octanol–water partition coefficient (Wildman–Crippen LogP) is 3.74.